The zero-order chi connectivity index (χ0) is 13.0. The van der Waals surface area contributed by atoms with Crippen LogP contribution in [0.4, 0.5) is 0 Å². The van der Waals surface area contributed by atoms with Gasteiger partial charge in [-0.25, -0.2) is 0 Å². The van der Waals surface area contributed by atoms with Crippen molar-refractivity contribution in [1.29, 1.82) is 0 Å². The number of carbonyl (C=O) groups excluding carboxylic acids is 1. The second-order valence-electron chi connectivity index (χ2n) is 4.80. The van der Waals surface area contributed by atoms with Gasteiger partial charge < -0.3 is 4.74 Å². The van der Waals surface area contributed by atoms with Crippen LogP contribution in [0.1, 0.15) is 48.2 Å². The fraction of sp³-hybridized carbons (Fsp3) is 0.533. The van der Waals surface area contributed by atoms with Crippen molar-refractivity contribution in [3.05, 3.63) is 28.8 Å². The third kappa shape index (κ3) is 3.32. The number of benzene rings is 1. The first-order valence-corrected chi connectivity index (χ1v) is 6.18. The predicted molar refractivity (Wildman–Crippen MR) is 70.9 cm³/mol. The van der Waals surface area contributed by atoms with E-state index in [1.807, 2.05) is 26.0 Å². The number of ketones is 1. The van der Waals surface area contributed by atoms with Crippen LogP contribution in [0.3, 0.4) is 0 Å². The maximum Gasteiger partial charge on any atom is 0.167 e. The molecule has 1 aromatic carbocycles. The molecule has 2 nitrogen and oxygen atoms in total. The third-order valence-electron chi connectivity index (χ3n) is 3.17. The third-order valence-corrected chi connectivity index (χ3v) is 3.17. The van der Waals surface area contributed by atoms with Crippen LogP contribution in [0.5, 0.6) is 5.75 Å². The van der Waals surface area contributed by atoms with Gasteiger partial charge in [0.2, 0.25) is 0 Å². The van der Waals surface area contributed by atoms with Gasteiger partial charge in [-0.3, -0.25) is 4.79 Å². The van der Waals surface area contributed by atoms with Gasteiger partial charge in [0.05, 0.1) is 12.7 Å². The van der Waals surface area contributed by atoms with Gasteiger partial charge in [-0.1, -0.05) is 26.3 Å². The molecule has 0 bridgehead atoms. The van der Waals surface area contributed by atoms with Crippen molar-refractivity contribution in [3.8, 4) is 5.75 Å². The number of Topliss-reactive ketones (excluding diaryl/α,β-unsaturated/α-hetero) is 1. The fourth-order valence-corrected chi connectivity index (χ4v) is 2.01. The van der Waals surface area contributed by atoms with E-state index in [0.29, 0.717) is 18.1 Å². The van der Waals surface area contributed by atoms with E-state index in [9.17, 15) is 4.79 Å². The summed E-state index contributed by atoms with van der Waals surface area (Å²) >= 11 is 0. The number of hydrogen-bond acceptors (Lipinski definition) is 2. The zero-order valence-corrected chi connectivity index (χ0v) is 11.5. The summed E-state index contributed by atoms with van der Waals surface area (Å²) in [4.78, 5) is 12.2. The number of carbonyl (C=O) groups is 1. The molecule has 0 aliphatic carbocycles. The van der Waals surface area contributed by atoms with Crippen LogP contribution in [0.25, 0.3) is 0 Å². The van der Waals surface area contributed by atoms with Gasteiger partial charge in [0.15, 0.2) is 5.78 Å². The highest BCUT2D eigenvalue weighted by molar-refractivity contribution is 6.00. The molecule has 0 radical (unpaired) electrons. The topological polar surface area (TPSA) is 26.3 Å². The van der Waals surface area contributed by atoms with Crippen LogP contribution < -0.4 is 4.74 Å². The van der Waals surface area contributed by atoms with Crippen molar-refractivity contribution in [2.75, 3.05) is 7.11 Å². The van der Waals surface area contributed by atoms with Crippen molar-refractivity contribution in [3.63, 3.8) is 0 Å². The van der Waals surface area contributed by atoms with Crippen molar-refractivity contribution < 1.29 is 9.53 Å². The van der Waals surface area contributed by atoms with E-state index in [2.05, 4.69) is 13.8 Å². The smallest absolute Gasteiger partial charge is 0.167 e. The molecule has 0 amide bonds. The Kier molecular flexibility index (Phi) is 4.73. The lowest BCUT2D eigenvalue weighted by Gasteiger charge is -2.14. The van der Waals surface area contributed by atoms with Gasteiger partial charge in [0.1, 0.15) is 5.75 Å². The number of rotatable bonds is 5. The molecule has 1 rings (SSSR count). The van der Waals surface area contributed by atoms with Crippen LogP contribution in [0.15, 0.2) is 12.1 Å². The molecular weight excluding hydrogens is 212 g/mol. The van der Waals surface area contributed by atoms with Crippen LogP contribution in [-0.2, 0) is 0 Å². The Bertz CT molecular complexity index is 408. The van der Waals surface area contributed by atoms with E-state index in [4.69, 9.17) is 4.74 Å². The Hall–Kier alpha value is -1.31. The van der Waals surface area contributed by atoms with Crippen LogP contribution in [-0.4, -0.2) is 12.9 Å². The molecule has 2 heteroatoms. The summed E-state index contributed by atoms with van der Waals surface area (Å²) < 4.78 is 5.32. The molecule has 17 heavy (non-hydrogen) atoms. The molecule has 0 aliphatic heterocycles. The summed E-state index contributed by atoms with van der Waals surface area (Å²) in [6.45, 7) is 8.20. The fourth-order valence-electron chi connectivity index (χ4n) is 2.01. The minimum atomic E-state index is 0.189. The first kappa shape index (κ1) is 13.8. The summed E-state index contributed by atoms with van der Waals surface area (Å²) in [5.74, 6) is 1.32. The number of ether oxygens (including phenoxy) is 1. The Morgan fingerprint density at radius 3 is 2.53 bits per heavy atom. The second-order valence-corrected chi connectivity index (χ2v) is 4.80. The molecule has 0 saturated carbocycles. The standard InChI is InChI=1S/C15H22O2/c1-6-10(2)8-13(16)15-12(4)7-11(3)9-14(15)17-5/h7,9-10H,6,8H2,1-5H3. The highest BCUT2D eigenvalue weighted by atomic mass is 16.5. The van der Waals surface area contributed by atoms with Gasteiger partial charge in [0.25, 0.3) is 0 Å². The Labute approximate surface area is 104 Å². The lowest BCUT2D eigenvalue weighted by atomic mass is 9.93. The molecule has 0 N–H and O–H groups in total. The first-order chi connectivity index (χ1) is 7.99. The van der Waals surface area contributed by atoms with E-state index in [0.717, 1.165) is 23.1 Å². The normalized spacial score (nSPS) is 12.3. The molecule has 0 fully saturated rings. The maximum absolute atomic E-state index is 12.2. The van der Waals surface area contributed by atoms with E-state index >= 15 is 0 Å². The highest BCUT2D eigenvalue weighted by Gasteiger charge is 2.17. The molecule has 1 unspecified atom stereocenters. The molecule has 1 aromatic rings. The molecule has 0 spiro atoms. The summed E-state index contributed by atoms with van der Waals surface area (Å²) in [7, 11) is 1.62. The van der Waals surface area contributed by atoms with Crippen LogP contribution in [0.2, 0.25) is 0 Å². The summed E-state index contributed by atoms with van der Waals surface area (Å²) in [6, 6.07) is 3.96. The minimum Gasteiger partial charge on any atom is -0.496 e. The molecule has 0 aliphatic rings. The van der Waals surface area contributed by atoms with Gasteiger partial charge >= 0.3 is 0 Å². The van der Waals surface area contributed by atoms with Crippen molar-refractivity contribution >= 4 is 5.78 Å². The van der Waals surface area contributed by atoms with E-state index in [1.165, 1.54) is 0 Å². The summed E-state index contributed by atoms with van der Waals surface area (Å²) in [5.41, 5.74) is 2.88. The van der Waals surface area contributed by atoms with Crippen LogP contribution >= 0.6 is 0 Å². The molecule has 0 aromatic heterocycles. The number of methoxy groups -OCH3 is 1. The Morgan fingerprint density at radius 1 is 1.35 bits per heavy atom. The van der Waals surface area contributed by atoms with Crippen molar-refractivity contribution in [2.24, 2.45) is 5.92 Å². The van der Waals surface area contributed by atoms with E-state index in [-0.39, 0.29) is 5.78 Å². The van der Waals surface area contributed by atoms with Gasteiger partial charge in [-0.2, -0.15) is 0 Å². The first-order valence-electron chi connectivity index (χ1n) is 6.18. The summed E-state index contributed by atoms with van der Waals surface area (Å²) in [5, 5.41) is 0. The van der Waals surface area contributed by atoms with E-state index < -0.39 is 0 Å². The largest absolute Gasteiger partial charge is 0.496 e. The molecule has 0 heterocycles. The van der Waals surface area contributed by atoms with E-state index in [1.54, 1.807) is 7.11 Å². The molecule has 0 saturated heterocycles. The van der Waals surface area contributed by atoms with Gasteiger partial charge in [0, 0.05) is 6.42 Å². The number of aryl methyl sites for hydroxylation is 2. The average molecular weight is 234 g/mol. The van der Waals surface area contributed by atoms with Crippen molar-refractivity contribution in [1.82, 2.24) is 0 Å². The van der Waals surface area contributed by atoms with Crippen molar-refractivity contribution in [2.45, 2.75) is 40.5 Å². The Morgan fingerprint density at radius 2 is 2.00 bits per heavy atom. The van der Waals surface area contributed by atoms with Gasteiger partial charge in [-0.15, -0.1) is 0 Å². The van der Waals surface area contributed by atoms with Crippen LogP contribution in [0, 0.1) is 19.8 Å². The monoisotopic (exact) mass is 234 g/mol. The lowest BCUT2D eigenvalue weighted by molar-refractivity contribution is 0.0960. The lowest BCUT2D eigenvalue weighted by Crippen LogP contribution is -2.09. The quantitative estimate of drug-likeness (QED) is 0.721. The molecule has 94 valence electrons. The van der Waals surface area contributed by atoms with Gasteiger partial charge in [-0.05, 0) is 37.0 Å². The highest BCUT2D eigenvalue weighted by Crippen LogP contribution is 2.27. The predicted octanol–water partition coefficient (Wildman–Crippen LogP) is 3.93. The zero-order valence-electron chi connectivity index (χ0n) is 11.5. The second kappa shape index (κ2) is 5.85. The molecule has 1 atom stereocenters. The summed E-state index contributed by atoms with van der Waals surface area (Å²) in [6.07, 6.45) is 1.62. The maximum atomic E-state index is 12.2. The minimum absolute atomic E-state index is 0.189. The molecular formula is C15H22O2. The number of hydrogen-bond donors (Lipinski definition) is 0. The SMILES string of the molecule is CCC(C)CC(=O)c1c(C)cc(C)cc1OC. The Balaban J connectivity index is 3.08. The average Bonchev–Trinajstić information content (AvgIpc) is 2.27.